The van der Waals surface area contributed by atoms with Gasteiger partial charge in [0.15, 0.2) is 0 Å². The molecule has 0 aliphatic carbocycles. The third-order valence-corrected chi connectivity index (χ3v) is 3.91. The number of rotatable bonds is 6. The zero-order valence-electron chi connectivity index (χ0n) is 11.7. The molecule has 0 bridgehead atoms. The highest BCUT2D eigenvalue weighted by atomic mass is 79.9. The van der Waals surface area contributed by atoms with Gasteiger partial charge in [0.25, 0.3) is 5.91 Å². The van der Waals surface area contributed by atoms with Gasteiger partial charge in [-0.1, -0.05) is 11.6 Å². The fourth-order valence-corrected chi connectivity index (χ4v) is 2.50. The summed E-state index contributed by atoms with van der Waals surface area (Å²) in [4.78, 5) is 12.0. The first-order valence-electron chi connectivity index (χ1n) is 6.90. The van der Waals surface area contributed by atoms with Gasteiger partial charge in [0.05, 0.1) is 18.3 Å². The molecule has 1 fully saturated rings. The molecule has 110 valence electrons. The molecule has 1 aromatic rings. The summed E-state index contributed by atoms with van der Waals surface area (Å²) in [5.41, 5.74) is 1.75. The molecule has 1 aromatic carbocycles. The summed E-state index contributed by atoms with van der Waals surface area (Å²) in [6, 6.07) is 5.75. The summed E-state index contributed by atoms with van der Waals surface area (Å²) in [5.74, 6) is -0.0511. The second kappa shape index (κ2) is 7.76. The maximum absolute atomic E-state index is 12.0. The Kier molecular flexibility index (Phi) is 6.01. The first-order valence-corrected chi connectivity index (χ1v) is 7.70. The van der Waals surface area contributed by atoms with Gasteiger partial charge in [0.1, 0.15) is 0 Å². The van der Waals surface area contributed by atoms with E-state index in [4.69, 9.17) is 9.47 Å². The van der Waals surface area contributed by atoms with Crippen LogP contribution in [0.2, 0.25) is 0 Å². The lowest BCUT2D eigenvalue weighted by atomic mass is 10.1. The molecule has 2 rings (SSSR count). The van der Waals surface area contributed by atoms with E-state index in [0.717, 1.165) is 29.5 Å². The van der Waals surface area contributed by atoms with E-state index in [2.05, 4.69) is 21.2 Å². The quantitative estimate of drug-likeness (QED) is 0.809. The van der Waals surface area contributed by atoms with Crippen LogP contribution in [0.25, 0.3) is 0 Å². The average Bonchev–Trinajstić information content (AvgIpc) is 2.94. The zero-order valence-corrected chi connectivity index (χ0v) is 13.2. The highest BCUT2D eigenvalue weighted by molar-refractivity contribution is 9.10. The van der Waals surface area contributed by atoms with Crippen molar-refractivity contribution in [1.29, 1.82) is 0 Å². The molecule has 5 heteroatoms. The summed E-state index contributed by atoms with van der Waals surface area (Å²) in [6.07, 6.45) is 2.02. The van der Waals surface area contributed by atoms with Crippen LogP contribution in [-0.4, -0.2) is 38.4 Å². The largest absolute Gasteiger partial charge is 0.379 e. The minimum Gasteiger partial charge on any atom is -0.379 e. The Morgan fingerprint density at radius 1 is 1.55 bits per heavy atom. The lowest BCUT2D eigenvalue weighted by Gasteiger charge is -2.10. The van der Waals surface area contributed by atoms with Crippen LogP contribution in [0.4, 0.5) is 0 Å². The Hall–Kier alpha value is -0.910. The predicted molar refractivity (Wildman–Crippen MR) is 81.0 cm³/mol. The van der Waals surface area contributed by atoms with Crippen molar-refractivity contribution in [3.63, 3.8) is 0 Å². The second-order valence-corrected chi connectivity index (χ2v) is 5.80. The molecule has 0 saturated carbocycles. The van der Waals surface area contributed by atoms with Gasteiger partial charge >= 0.3 is 0 Å². The van der Waals surface area contributed by atoms with Crippen LogP contribution >= 0.6 is 15.9 Å². The molecule has 1 aliphatic rings. The van der Waals surface area contributed by atoms with Crippen molar-refractivity contribution in [2.24, 2.45) is 0 Å². The van der Waals surface area contributed by atoms with Gasteiger partial charge in [0.2, 0.25) is 0 Å². The van der Waals surface area contributed by atoms with Gasteiger partial charge in [-0.05, 0) is 47.8 Å². The molecule has 0 radical (unpaired) electrons. The maximum Gasteiger partial charge on any atom is 0.252 e. The van der Waals surface area contributed by atoms with Crippen molar-refractivity contribution in [3.05, 3.63) is 33.8 Å². The standard InChI is InChI=1S/C15H20BrNO3/c1-11-3-4-14(16)13(9-11)15(18)17-6-2-7-20-12-5-8-19-10-12/h3-4,9,12H,2,5-8,10H2,1H3,(H,17,18)/t12-/m1/s1. The second-order valence-electron chi connectivity index (χ2n) is 4.95. The average molecular weight is 342 g/mol. The zero-order chi connectivity index (χ0) is 14.4. The van der Waals surface area contributed by atoms with Crippen LogP contribution in [0, 0.1) is 6.92 Å². The molecule has 1 amide bonds. The number of amides is 1. The first-order chi connectivity index (χ1) is 9.66. The monoisotopic (exact) mass is 341 g/mol. The van der Waals surface area contributed by atoms with E-state index in [0.29, 0.717) is 25.3 Å². The minimum absolute atomic E-state index is 0.0511. The summed E-state index contributed by atoms with van der Waals surface area (Å²) in [6.45, 7) is 4.74. The Labute approximate surface area is 128 Å². The number of carbonyl (C=O) groups is 1. The van der Waals surface area contributed by atoms with Crippen LogP contribution < -0.4 is 5.32 Å². The highest BCUT2D eigenvalue weighted by Gasteiger charge is 2.15. The van der Waals surface area contributed by atoms with E-state index >= 15 is 0 Å². The van der Waals surface area contributed by atoms with Crippen LogP contribution in [0.1, 0.15) is 28.8 Å². The molecular weight excluding hydrogens is 322 g/mol. The van der Waals surface area contributed by atoms with Crippen molar-refractivity contribution in [2.45, 2.75) is 25.9 Å². The van der Waals surface area contributed by atoms with Crippen LogP contribution in [0.3, 0.4) is 0 Å². The molecular formula is C15H20BrNO3. The fraction of sp³-hybridized carbons (Fsp3) is 0.533. The number of ether oxygens (including phenoxy) is 2. The van der Waals surface area contributed by atoms with E-state index in [9.17, 15) is 4.79 Å². The third kappa shape index (κ3) is 4.58. The molecule has 1 atom stereocenters. The van der Waals surface area contributed by atoms with E-state index in [1.165, 1.54) is 0 Å². The smallest absolute Gasteiger partial charge is 0.252 e. The van der Waals surface area contributed by atoms with Crippen molar-refractivity contribution >= 4 is 21.8 Å². The molecule has 4 nitrogen and oxygen atoms in total. The number of nitrogens with one attached hydrogen (secondary N) is 1. The topological polar surface area (TPSA) is 47.6 Å². The van der Waals surface area contributed by atoms with E-state index in [1.807, 2.05) is 25.1 Å². The summed E-state index contributed by atoms with van der Waals surface area (Å²) in [5, 5.41) is 2.91. The molecule has 0 unspecified atom stereocenters. The number of halogens is 1. The molecule has 1 saturated heterocycles. The maximum atomic E-state index is 12.0. The normalized spacial score (nSPS) is 18.2. The van der Waals surface area contributed by atoms with Crippen molar-refractivity contribution in [1.82, 2.24) is 5.32 Å². The van der Waals surface area contributed by atoms with Gasteiger partial charge in [-0.25, -0.2) is 0 Å². The van der Waals surface area contributed by atoms with Gasteiger partial charge in [-0.2, -0.15) is 0 Å². The van der Waals surface area contributed by atoms with Crippen LogP contribution in [-0.2, 0) is 9.47 Å². The number of carbonyl (C=O) groups excluding carboxylic acids is 1. The van der Waals surface area contributed by atoms with E-state index in [1.54, 1.807) is 0 Å². The lowest BCUT2D eigenvalue weighted by Crippen LogP contribution is -2.26. The number of benzene rings is 1. The molecule has 1 N–H and O–H groups in total. The van der Waals surface area contributed by atoms with E-state index in [-0.39, 0.29) is 12.0 Å². The molecule has 0 aromatic heterocycles. The predicted octanol–water partition coefficient (Wildman–Crippen LogP) is 2.68. The van der Waals surface area contributed by atoms with Gasteiger partial charge in [-0.3, -0.25) is 4.79 Å². The van der Waals surface area contributed by atoms with Crippen molar-refractivity contribution in [3.8, 4) is 0 Å². The van der Waals surface area contributed by atoms with Gasteiger partial charge < -0.3 is 14.8 Å². The summed E-state index contributed by atoms with van der Waals surface area (Å²) < 4.78 is 11.7. The number of hydrogen-bond donors (Lipinski definition) is 1. The minimum atomic E-state index is -0.0511. The third-order valence-electron chi connectivity index (χ3n) is 3.21. The van der Waals surface area contributed by atoms with Crippen LogP contribution in [0.15, 0.2) is 22.7 Å². The van der Waals surface area contributed by atoms with Crippen LogP contribution in [0.5, 0.6) is 0 Å². The van der Waals surface area contributed by atoms with Crippen molar-refractivity contribution < 1.29 is 14.3 Å². The molecule has 1 heterocycles. The summed E-state index contributed by atoms with van der Waals surface area (Å²) >= 11 is 3.40. The Morgan fingerprint density at radius 2 is 2.40 bits per heavy atom. The highest BCUT2D eigenvalue weighted by Crippen LogP contribution is 2.17. The van der Waals surface area contributed by atoms with Gasteiger partial charge in [-0.15, -0.1) is 0 Å². The van der Waals surface area contributed by atoms with Gasteiger partial charge in [0, 0.05) is 24.2 Å². The SMILES string of the molecule is Cc1ccc(Br)c(C(=O)NCCCO[C@@H]2CCOC2)c1. The molecule has 0 spiro atoms. The first kappa shape index (κ1) is 15.5. The fourth-order valence-electron chi connectivity index (χ4n) is 2.08. The van der Waals surface area contributed by atoms with Crippen molar-refractivity contribution in [2.75, 3.05) is 26.4 Å². The Morgan fingerprint density at radius 3 is 3.15 bits per heavy atom. The molecule has 1 aliphatic heterocycles. The summed E-state index contributed by atoms with van der Waals surface area (Å²) in [7, 11) is 0. The number of aryl methyl sites for hydroxylation is 1. The van der Waals surface area contributed by atoms with E-state index < -0.39 is 0 Å². The number of hydrogen-bond acceptors (Lipinski definition) is 3. The lowest BCUT2D eigenvalue weighted by molar-refractivity contribution is 0.0415. The Balaban J connectivity index is 1.68. The Bertz CT molecular complexity index is 458. The molecule has 20 heavy (non-hydrogen) atoms.